The van der Waals surface area contributed by atoms with Crippen LogP contribution < -0.4 is 5.32 Å². The first-order chi connectivity index (χ1) is 7.27. The molecule has 2 N–H and O–H groups in total. The molecule has 1 aromatic heterocycles. The van der Waals surface area contributed by atoms with Gasteiger partial charge in [-0.3, -0.25) is 4.98 Å². The predicted molar refractivity (Wildman–Crippen MR) is 62.7 cm³/mol. The zero-order chi connectivity index (χ0) is 11.1. The molecule has 0 saturated heterocycles. The number of anilines is 1. The maximum absolute atomic E-state index is 9.12. The summed E-state index contributed by atoms with van der Waals surface area (Å²) in [6.07, 6.45) is 5.90. The summed E-state index contributed by atoms with van der Waals surface area (Å²) in [6.45, 7) is 5.42. The van der Waals surface area contributed by atoms with Gasteiger partial charge in [-0.1, -0.05) is 20.3 Å². The molecule has 1 rings (SSSR count). The number of aliphatic hydroxyl groups excluding tert-OH is 1. The van der Waals surface area contributed by atoms with E-state index >= 15 is 0 Å². The molecule has 1 aromatic rings. The molecule has 0 saturated carbocycles. The molecule has 0 fully saturated rings. The number of nitrogens with zero attached hydrogens (tertiary/aromatic N) is 1. The van der Waals surface area contributed by atoms with E-state index < -0.39 is 0 Å². The maximum atomic E-state index is 9.12. The molecule has 0 aliphatic rings. The summed E-state index contributed by atoms with van der Waals surface area (Å²) in [5.74, 6) is 0.654. The molecule has 1 atom stereocenters. The molecule has 0 bridgehead atoms. The van der Waals surface area contributed by atoms with Gasteiger partial charge in [-0.05, 0) is 18.4 Å². The number of aromatic nitrogens is 1. The molecular formula is C12H20N2O. The lowest BCUT2D eigenvalue weighted by atomic mass is 10.1. The Hall–Kier alpha value is -1.09. The Labute approximate surface area is 91.5 Å². The maximum Gasteiger partial charge on any atom is 0.0703 e. The highest BCUT2D eigenvalue weighted by Gasteiger charge is 2.03. The van der Waals surface area contributed by atoms with Gasteiger partial charge >= 0.3 is 0 Å². The van der Waals surface area contributed by atoms with Crippen LogP contribution >= 0.6 is 0 Å². The Morgan fingerprint density at radius 1 is 1.53 bits per heavy atom. The molecule has 1 unspecified atom stereocenters. The SMILES string of the molecule is CCCC(C)CNc1cnccc1CO. The Kier molecular flexibility index (Phi) is 5.12. The van der Waals surface area contributed by atoms with Crippen LogP contribution in [0.3, 0.4) is 0 Å². The standard InChI is InChI=1S/C12H20N2O/c1-3-4-10(2)7-14-12-8-13-6-5-11(12)9-15/h5-6,8,10,14-15H,3-4,7,9H2,1-2H3. The summed E-state index contributed by atoms with van der Waals surface area (Å²) in [5.41, 5.74) is 1.86. The number of pyridine rings is 1. The van der Waals surface area contributed by atoms with Crippen molar-refractivity contribution in [3.05, 3.63) is 24.0 Å². The third-order valence-electron chi connectivity index (χ3n) is 2.50. The van der Waals surface area contributed by atoms with Gasteiger partial charge in [0.1, 0.15) is 0 Å². The van der Waals surface area contributed by atoms with Crippen LogP contribution in [0.15, 0.2) is 18.5 Å². The van der Waals surface area contributed by atoms with Crippen LogP contribution in [0.2, 0.25) is 0 Å². The minimum atomic E-state index is 0.0625. The van der Waals surface area contributed by atoms with Crippen molar-refractivity contribution in [2.45, 2.75) is 33.3 Å². The van der Waals surface area contributed by atoms with Crippen molar-refractivity contribution < 1.29 is 5.11 Å². The van der Waals surface area contributed by atoms with Gasteiger partial charge in [-0.15, -0.1) is 0 Å². The van der Waals surface area contributed by atoms with E-state index in [9.17, 15) is 0 Å². The Morgan fingerprint density at radius 2 is 2.33 bits per heavy atom. The van der Waals surface area contributed by atoms with Crippen LogP contribution in [0, 0.1) is 5.92 Å². The molecule has 0 aliphatic carbocycles. The Bertz CT molecular complexity index is 289. The van der Waals surface area contributed by atoms with Gasteiger partial charge in [0.25, 0.3) is 0 Å². The fourth-order valence-corrected chi connectivity index (χ4v) is 1.60. The van der Waals surface area contributed by atoms with Crippen molar-refractivity contribution in [3.8, 4) is 0 Å². The van der Waals surface area contributed by atoms with Crippen LogP contribution in [-0.4, -0.2) is 16.6 Å². The highest BCUT2D eigenvalue weighted by atomic mass is 16.3. The van der Waals surface area contributed by atoms with Crippen molar-refractivity contribution >= 4 is 5.69 Å². The van der Waals surface area contributed by atoms with E-state index in [0.29, 0.717) is 5.92 Å². The lowest BCUT2D eigenvalue weighted by Gasteiger charge is -2.14. The van der Waals surface area contributed by atoms with E-state index in [1.54, 1.807) is 12.4 Å². The van der Waals surface area contributed by atoms with Crippen LogP contribution in [-0.2, 0) is 6.61 Å². The average Bonchev–Trinajstić information content (AvgIpc) is 2.27. The summed E-state index contributed by atoms with van der Waals surface area (Å²) in [5, 5.41) is 12.4. The highest BCUT2D eigenvalue weighted by molar-refractivity contribution is 5.48. The predicted octanol–water partition coefficient (Wildman–Crippen LogP) is 2.42. The second kappa shape index (κ2) is 6.40. The Morgan fingerprint density at radius 3 is 3.00 bits per heavy atom. The minimum Gasteiger partial charge on any atom is -0.392 e. The fraction of sp³-hybridized carbons (Fsp3) is 0.583. The van der Waals surface area contributed by atoms with Gasteiger partial charge in [-0.2, -0.15) is 0 Å². The first kappa shape index (κ1) is 12.0. The van der Waals surface area contributed by atoms with E-state index in [1.165, 1.54) is 12.8 Å². The molecule has 84 valence electrons. The Balaban J connectivity index is 2.49. The molecule has 1 heterocycles. The summed E-state index contributed by atoms with van der Waals surface area (Å²) in [7, 11) is 0. The van der Waals surface area contributed by atoms with Crippen molar-refractivity contribution in [1.29, 1.82) is 0 Å². The van der Waals surface area contributed by atoms with E-state index in [2.05, 4.69) is 24.1 Å². The monoisotopic (exact) mass is 208 g/mol. The van der Waals surface area contributed by atoms with Gasteiger partial charge < -0.3 is 10.4 Å². The van der Waals surface area contributed by atoms with Gasteiger partial charge in [-0.25, -0.2) is 0 Å². The van der Waals surface area contributed by atoms with Crippen molar-refractivity contribution in [1.82, 2.24) is 4.98 Å². The third-order valence-corrected chi connectivity index (χ3v) is 2.50. The quantitative estimate of drug-likeness (QED) is 0.754. The van der Waals surface area contributed by atoms with Crippen molar-refractivity contribution in [2.75, 3.05) is 11.9 Å². The molecule has 0 aliphatic heterocycles. The number of hydrogen-bond acceptors (Lipinski definition) is 3. The molecule has 3 heteroatoms. The smallest absolute Gasteiger partial charge is 0.0703 e. The average molecular weight is 208 g/mol. The van der Waals surface area contributed by atoms with Crippen molar-refractivity contribution in [2.24, 2.45) is 5.92 Å². The van der Waals surface area contributed by atoms with Crippen LogP contribution in [0.4, 0.5) is 5.69 Å². The third kappa shape index (κ3) is 3.88. The fourth-order valence-electron chi connectivity index (χ4n) is 1.60. The topological polar surface area (TPSA) is 45.2 Å². The highest BCUT2D eigenvalue weighted by Crippen LogP contribution is 2.14. The summed E-state index contributed by atoms with van der Waals surface area (Å²) >= 11 is 0. The zero-order valence-electron chi connectivity index (χ0n) is 9.53. The van der Waals surface area contributed by atoms with Gasteiger partial charge in [0.2, 0.25) is 0 Å². The van der Waals surface area contributed by atoms with Crippen LogP contribution in [0.25, 0.3) is 0 Å². The largest absolute Gasteiger partial charge is 0.392 e. The second-order valence-electron chi connectivity index (χ2n) is 3.97. The van der Waals surface area contributed by atoms with Crippen LogP contribution in [0.1, 0.15) is 32.3 Å². The number of aliphatic hydroxyl groups is 1. The summed E-state index contributed by atoms with van der Waals surface area (Å²) in [6, 6.07) is 1.84. The van der Waals surface area contributed by atoms with E-state index in [-0.39, 0.29) is 6.61 Å². The minimum absolute atomic E-state index is 0.0625. The molecule has 0 aromatic carbocycles. The van der Waals surface area contributed by atoms with E-state index in [1.807, 2.05) is 6.07 Å². The first-order valence-corrected chi connectivity index (χ1v) is 5.55. The second-order valence-corrected chi connectivity index (χ2v) is 3.97. The summed E-state index contributed by atoms with van der Waals surface area (Å²) in [4.78, 5) is 4.04. The zero-order valence-corrected chi connectivity index (χ0v) is 9.53. The van der Waals surface area contributed by atoms with Crippen LogP contribution in [0.5, 0.6) is 0 Å². The van der Waals surface area contributed by atoms with E-state index in [4.69, 9.17) is 5.11 Å². The van der Waals surface area contributed by atoms with E-state index in [0.717, 1.165) is 17.8 Å². The lowest BCUT2D eigenvalue weighted by Crippen LogP contribution is -2.12. The summed E-state index contributed by atoms with van der Waals surface area (Å²) < 4.78 is 0. The first-order valence-electron chi connectivity index (χ1n) is 5.55. The molecule has 0 amide bonds. The van der Waals surface area contributed by atoms with Crippen molar-refractivity contribution in [3.63, 3.8) is 0 Å². The number of hydrogen-bond donors (Lipinski definition) is 2. The number of rotatable bonds is 6. The lowest BCUT2D eigenvalue weighted by molar-refractivity contribution is 0.282. The normalized spacial score (nSPS) is 12.5. The molecule has 0 radical (unpaired) electrons. The molecule has 15 heavy (non-hydrogen) atoms. The van der Waals surface area contributed by atoms with Gasteiger partial charge in [0, 0.05) is 18.3 Å². The van der Waals surface area contributed by atoms with Gasteiger partial charge in [0.05, 0.1) is 18.5 Å². The molecule has 3 nitrogen and oxygen atoms in total. The molecule has 0 spiro atoms. The van der Waals surface area contributed by atoms with Gasteiger partial charge in [0.15, 0.2) is 0 Å². The number of nitrogens with one attached hydrogen (secondary N) is 1. The molecular weight excluding hydrogens is 188 g/mol.